The molecule has 4 aromatic carbocycles. The summed E-state index contributed by atoms with van der Waals surface area (Å²) in [5, 5.41) is 1.75. The molecule has 162 valence electrons. The average molecular weight is 452 g/mol. The van der Waals surface area contributed by atoms with Crippen molar-refractivity contribution in [2.45, 2.75) is 13.2 Å². The van der Waals surface area contributed by atoms with Crippen molar-refractivity contribution >= 4 is 39.8 Å². The minimum Gasteiger partial charge on any atom is -0.488 e. The van der Waals surface area contributed by atoms with Crippen LogP contribution in [0.15, 0.2) is 102 Å². The van der Waals surface area contributed by atoms with Gasteiger partial charge in [-0.2, -0.15) is 0 Å². The van der Waals surface area contributed by atoms with E-state index in [1.165, 1.54) is 4.90 Å². The first-order valence-corrected chi connectivity index (χ1v) is 11.5. The van der Waals surface area contributed by atoms with Gasteiger partial charge in [0.1, 0.15) is 12.4 Å². The first-order valence-electron chi connectivity index (χ1n) is 10.7. The summed E-state index contributed by atoms with van der Waals surface area (Å²) in [6, 6.07) is 31.4. The van der Waals surface area contributed by atoms with Crippen LogP contribution < -0.4 is 4.74 Å². The SMILES string of the molecule is O=C1S/C(=C/c2c(OCc3ccccc3)ccc3ccccc23)C(=O)N1Cc1ccccc1. The summed E-state index contributed by atoms with van der Waals surface area (Å²) in [7, 11) is 0. The maximum Gasteiger partial charge on any atom is 0.293 e. The topological polar surface area (TPSA) is 46.6 Å². The van der Waals surface area contributed by atoms with Crippen LogP contribution in [0.4, 0.5) is 4.79 Å². The number of amides is 2. The number of ether oxygens (including phenoxy) is 1. The molecule has 0 unspecified atom stereocenters. The van der Waals surface area contributed by atoms with Crippen molar-refractivity contribution in [2.24, 2.45) is 0 Å². The number of rotatable bonds is 6. The minimum atomic E-state index is -0.282. The fourth-order valence-corrected chi connectivity index (χ4v) is 4.64. The molecular formula is C28H21NO3S. The highest BCUT2D eigenvalue weighted by molar-refractivity contribution is 8.18. The lowest BCUT2D eigenvalue weighted by atomic mass is 10.0. The average Bonchev–Trinajstić information content (AvgIpc) is 3.12. The van der Waals surface area contributed by atoms with Gasteiger partial charge < -0.3 is 4.74 Å². The van der Waals surface area contributed by atoms with E-state index in [9.17, 15) is 9.59 Å². The van der Waals surface area contributed by atoms with Crippen molar-refractivity contribution in [1.82, 2.24) is 4.90 Å². The quantitative estimate of drug-likeness (QED) is 0.308. The van der Waals surface area contributed by atoms with Gasteiger partial charge >= 0.3 is 0 Å². The third-order valence-corrected chi connectivity index (χ3v) is 6.41. The molecular weight excluding hydrogens is 430 g/mol. The maximum absolute atomic E-state index is 13.1. The Kier molecular flexibility index (Phi) is 5.96. The number of nitrogens with zero attached hydrogens (tertiary/aromatic N) is 1. The second-order valence-electron chi connectivity index (χ2n) is 7.73. The van der Waals surface area contributed by atoms with E-state index >= 15 is 0 Å². The normalized spacial score (nSPS) is 14.9. The molecule has 0 saturated carbocycles. The van der Waals surface area contributed by atoms with E-state index in [4.69, 9.17) is 4.74 Å². The Labute approximate surface area is 196 Å². The molecule has 1 fully saturated rings. The summed E-state index contributed by atoms with van der Waals surface area (Å²) < 4.78 is 6.16. The van der Waals surface area contributed by atoms with Crippen molar-refractivity contribution in [2.75, 3.05) is 0 Å². The number of carbonyl (C=O) groups is 2. The predicted molar refractivity (Wildman–Crippen MR) is 133 cm³/mol. The predicted octanol–water partition coefficient (Wildman–Crippen LogP) is 6.66. The molecule has 4 aromatic rings. The maximum atomic E-state index is 13.1. The summed E-state index contributed by atoms with van der Waals surface area (Å²) in [5.41, 5.74) is 2.77. The van der Waals surface area contributed by atoms with Crippen molar-refractivity contribution < 1.29 is 14.3 Å². The number of imide groups is 1. The Morgan fingerprint density at radius 1 is 0.758 bits per heavy atom. The molecule has 4 nitrogen and oxygen atoms in total. The lowest BCUT2D eigenvalue weighted by Gasteiger charge is -2.13. The molecule has 1 saturated heterocycles. The molecule has 0 aromatic heterocycles. The van der Waals surface area contributed by atoms with Crippen molar-refractivity contribution in [1.29, 1.82) is 0 Å². The number of thioether (sulfide) groups is 1. The number of benzene rings is 4. The molecule has 5 rings (SSSR count). The molecule has 0 bridgehead atoms. The molecule has 1 aliphatic heterocycles. The number of hydrogen-bond acceptors (Lipinski definition) is 4. The molecule has 0 aliphatic carbocycles. The van der Waals surface area contributed by atoms with Crippen LogP contribution in [-0.2, 0) is 17.9 Å². The Bertz CT molecular complexity index is 1350. The molecule has 1 heterocycles. The van der Waals surface area contributed by atoms with Crippen LogP contribution in [0.1, 0.15) is 16.7 Å². The molecule has 5 heteroatoms. The highest BCUT2D eigenvalue weighted by atomic mass is 32.2. The molecule has 33 heavy (non-hydrogen) atoms. The van der Waals surface area contributed by atoms with Gasteiger partial charge in [-0.05, 0) is 45.8 Å². The van der Waals surface area contributed by atoms with E-state index < -0.39 is 0 Å². The van der Waals surface area contributed by atoms with Crippen molar-refractivity contribution in [3.63, 3.8) is 0 Å². The summed E-state index contributed by atoms with van der Waals surface area (Å²) in [6.07, 6.45) is 1.79. The van der Waals surface area contributed by atoms with Gasteiger partial charge in [0.05, 0.1) is 11.4 Å². The van der Waals surface area contributed by atoms with Crippen LogP contribution in [0.5, 0.6) is 5.75 Å². The van der Waals surface area contributed by atoms with E-state index in [-0.39, 0.29) is 17.7 Å². The highest BCUT2D eigenvalue weighted by Crippen LogP contribution is 2.37. The Hall–Kier alpha value is -3.83. The summed E-state index contributed by atoms with van der Waals surface area (Å²) in [4.78, 5) is 27.5. The first-order chi connectivity index (χ1) is 16.2. The van der Waals surface area contributed by atoms with Gasteiger partial charge in [-0.1, -0.05) is 91.0 Å². The molecule has 0 spiro atoms. The lowest BCUT2D eigenvalue weighted by molar-refractivity contribution is -0.123. The molecule has 2 amide bonds. The number of carbonyl (C=O) groups excluding carboxylic acids is 2. The van der Waals surface area contributed by atoms with Crippen LogP contribution in [0, 0.1) is 0 Å². The van der Waals surface area contributed by atoms with Gasteiger partial charge in [0.15, 0.2) is 0 Å². The standard InChI is InChI=1S/C28H21NO3S/c30-27-26(33-28(31)29(27)18-20-9-3-1-4-10-20)17-24-23-14-8-7-13-22(23)15-16-25(24)32-19-21-11-5-2-6-12-21/h1-17H,18-19H2/b26-17+. The molecule has 0 atom stereocenters. The van der Waals surface area contributed by atoms with Crippen LogP contribution in [0.3, 0.4) is 0 Å². The van der Waals surface area contributed by atoms with Crippen LogP contribution in [0.25, 0.3) is 16.8 Å². The van der Waals surface area contributed by atoms with Crippen molar-refractivity contribution in [3.05, 3.63) is 119 Å². The second-order valence-corrected chi connectivity index (χ2v) is 8.72. The van der Waals surface area contributed by atoms with Crippen LogP contribution in [0.2, 0.25) is 0 Å². The zero-order valence-corrected chi connectivity index (χ0v) is 18.6. The zero-order valence-electron chi connectivity index (χ0n) is 17.8. The van der Waals surface area contributed by atoms with Gasteiger partial charge in [-0.3, -0.25) is 14.5 Å². The first kappa shape index (κ1) is 21.0. The monoisotopic (exact) mass is 451 g/mol. The number of hydrogen-bond donors (Lipinski definition) is 0. The van der Waals surface area contributed by atoms with Crippen LogP contribution in [-0.4, -0.2) is 16.0 Å². The highest BCUT2D eigenvalue weighted by Gasteiger charge is 2.35. The number of fused-ring (bicyclic) bond motifs is 1. The van der Waals surface area contributed by atoms with E-state index in [0.29, 0.717) is 17.3 Å². The smallest absolute Gasteiger partial charge is 0.293 e. The molecule has 0 radical (unpaired) electrons. The van der Waals surface area contributed by atoms with Crippen LogP contribution >= 0.6 is 11.8 Å². The molecule has 1 aliphatic rings. The third-order valence-electron chi connectivity index (χ3n) is 5.50. The zero-order chi connectivity index (χ0) is 22.6. The van der Waals surface area contributed by atoms with E-state index in [1.807, 2.05) is 97.1 Å². The Morgan fingerprint density at radius 2 is 1.42 bits per heavy atom. The minimum absolute atomic E-state index is 0.260. The molecule has 0 N–H and O–H groups in total. The summed E-state index contributed by atoms with van der Waals surface area (Å²) in [6.45, 7) is 0.672. The summed E-state index contributed by atoms with van der Waals surface area (Å²) >= 11 is 0.971. The van der Waals surface area contributed by atoms with E-state index in [2.05, 4.69) is 0 Å². The Balaban J connectivity index is 1.49. The van der Waals surface area contributed by atoms with Gasteiger partial charge in [0.25, 0.3) is 11.1 Å². The van der Waals surface area contributed by atoms with Gasteiger partial charge in [-0.25, -0.2) is 0 Å². The summed E-state index contributed by atoms with van der Waals surface area (Å²) in [5.74, 6) is 0.392. The largest absolute Gasteiger partial charge is 0.488 e. The third kappa shape index (κ3) is 4.54. The van der Waals surface area contributed by atoms with Gasteiger partial charge in [0, 0.05) is 5.56 Å². The van der Waals surface area contributed by atoms with Gasteiger partial charge in [-0.15, -0.1) is 0 Å². The van der Waals surface area contributed by atoms with E-state index in [1.54, 1.807) is 6.08 Å². The van der Waals surface area contributed by atoms with E-state index in [0.717, 1.165) is 39.2 Å². The fraction of sp³-hybridized carbons (Fsp3) is 0.0714. The fourth-order valence-electron chi connectivity index (χ4n) is 3.82. The lowest BCUT2D eigenvalue weighted by Crippen LogP contribution is -2.27. The Morgan fingerprint density at radius 3 is 2.18 bits per heavy atom. The van der Waals surface area contributed by atoms with Gasteiger partial charge in [0.2, 0.25) is 0 Å². The second kappa shape index (κ2) is 9.35. The van der Waals surface area contributed by atoms with Crippen molar-refractivity contribution in [3.8, 4) is 5.75 Å².